The molecule has 0 radical (unpaired) electrons. The van der Waals surface area contributed by atoms with Crippen LogP contribution in [0.5, 0.6) is 5.75 Å². The average Bonchev–Trinajstić information content (AvgIpc) is 3.47. The Morgan fingerprint density at radius 1 is 1.29 bits per heavy atom. The highest BCUT2D eigenvalue weighted by atomic mass is 32.1. The number of nitrogens with zero attached hydrogens (tertiary/aromatic N) is 3. The zero-order chi connectivity index (χ0) is 24.2. The number of hydrogen-bond acceptors (Lipinski definition) is 7. The monoisotopic (exact) mass is 480 g/mol. The van der Waals surface area contributed by atoms with E-state index in [0.29, 0.717) is 11.4 Å². The Kier molecular flexibility index (Phi) is 6.78. The van der Waals surface area contributed by atoms with Crippen LogP contribution in [-0.4, -0.2) is 53.6 Å². The third-order valence-electron chi connectivity index (χ3n) is 5.43. The summed E-state index contributed by atoms with van der Waals surface area (Å²) in [6, 6.07) is 8.87. The maximum Gasteiger partial charge on any atom is 0.331 e. The summed E-state index contributed by atoms with van der Waals surface area (Å²) < 4.78 is 12.9. The number of likely N-dealkylation sites (N-methyl/N-ethyl adjacent to an activating group) is 1. The van der Waals surface area contributed by atoms with E-state index in [1.165, 1.54) is 29.4 Å². The molecule has 2 aromatic heterocycles. The Balaban J connectivity index is 1.41. The van der Waals surface area contributed by atoms with Crippen molar-refractivity contribution >= 4 is 40.9 Å². The van der Waals surface area contributed by atoms with Crippen LogP contribution < -0.4 is 15.0 Å². The number of anilines is 1. The van der Waals surface area contributed by atoms with E-state index in [1.54, 1.807) is 36.5 Å². The Hall–Kier alpha value is -3.92. The maximum absolute atomic E-state index is 12.9. The molecular formula is C24H24N4O5S. The van der Waals surface area contributed by atoms with Gasteiger partial charge in [-0.25, -0.2) is 9.78 Å². The van der Waals surface area contributed by atoms with Crippen molar-refractivity contribution in [1.29, 1.82) is 0 Å². The molecule has 10 heteroatoms. The molecule has 0 aliphatic carbocycles. The van der Waals surface area contributed by atoms with E-state index in [4.69, 9.17) is 9.47 Å². The quantitative estimate of drug-likeness (QED) is 0.430. The summed E-state index contributed by atoms with van der Waals surface area (Å²) in [5.41, 5.74) is 3.31. The largest absolute Gasteiger partial charge is 0.477 e. The number of carbonyl (C=O) groups is 3. The molecule has 34 heavy (non-hydrogen) atoms. The Bertz CT molecular complexity index is 1250. The molecule has 176 valence electrons. The van der Waals surface area contributed by atoms with Crippen molar-refractivity contribution in [2.24, 2.45) is 0 Å². The first-order chi connectivity index (χ1) is 16.4. The highest BCUT2D eigenvalue weighted by Crippen LogP contribution is 2.33. The zero-order valence-corrected chi connectivity index (χ0v) is 19.8. The van der Waals surface area contributed by atoms with Crippen molar-refractivity contribution in [2.75, 3.05) is 25.1 Å². The van der Waals surface area contributed by atoms with E-state index in [1.807, 2.05) is 29.9 Å². The number of nitrogens with one attached hydrogen (secondary N) is 1. The standard InChI is InChI=1S/C24H24N4O5S/c1-15-12-17(16(2)28(15)24-26-10-11-34-24)8-9-22(30)32-14-21(29)27-13-20(23(31)25-3)33-19-7-5-4-6-18(19)27/h4-12,20H,13-14H2,1-3H3,(H,25,31)/b9-8+. The number of para-hydroxylation sites is 2. The van der Waals surface area contributed by atoms with Crippen molar-refractivity contribution in [1.82, 2.24) is 14.9 Å². The molecule has 3 heterocycles. The molecule has 0 bridgehead atoms. The molecule has 4 rings (SSSR count). The molecule has 0 fully saturated rings. The summed E-state index contributed by atoms with van der Waals surface area (Å²) in [6.45, 7) is 3.47. The highest BCUT2D eigenvalue weighted by Gasteiger charge is 2.33. The van der Waals surface area contributed by atoms with Gasteiger partial charge in [0.2, 0.25) is 0 Å². The lowest BCUT2D eigenvalue weighted by molar-refractivity contribution is -0.143. The fourth-order valence-corrected chi connectivity index (χ4v) is 4.51. The second-order valence-corrected chi connectivity index (χ2v) is 8.48. The first kappa shape index (κ1) is 23.2. The lowest BCUT2D eigenvalue weighted by Crippen LogP contribution is -2.51. The summed E-state index contributed by atoms with van der Waals surface area (Å²) in [5.74, 6) is -1.02. The van der Waals surface area contributed by atoms with Crippen LogP contribution in [0.4, 0.5) is 5.69 Å². The summed E-state index contributed by atoms with van der Waals surface area (Å²) >= 11 is 1.53. The van der Waals surface area contributed by atoms with Crippen LogP contribution in [0.3, 0.4) is 0 Å². The number of benzene rings is 1. The molecule has 2 amide bonds. The number of hydrogen-bond donors (Lipinski definition) is 1. The minimum atomic E-state index is -0.854. The number of aromatic nitrogens is 2. The molecule has 9 nitrogen and oxygen atoms in total. The first-order valence-corrected chi connectivity index (χ1v) is 11.5. The van der Waals surface area contributed by atoms with Crippen molar-refractivity contribution in [3.63, 3.8) is 0 Å². The van der Waals surface area contributed by atoms with Gasteiger partial charge in [-0.1, -0.05) is 12.1 Å². The summed E-state index contributed by atoms with van der Waals surface area (Å²) in [7, 11) is 1.50. The number of fused-ring (bicyclic) bond motifs is 1. The molecule has 1 unspecified atom stereocenters. The van der Waals surface area contributed by atoms with Gasteiger partial charge in [-0.3, -0.25) is 14.2 Å². The third-order valence-corrected chi connectivity index (χ3v) is 6.19. The Morgan fingerprint density at radius 2 is 2.09 bits per heavy atom. The number of esters is 1. The second-order valence-electron chi connectivity index (χ2n) is 7.61. The molecular weight excluding hydrogens is 456 g/mol. The molecule has 1 N–H and O–H groups in total. The van der Waals surface area contributed by atoms with E-state index in [2.05, 4.69) is 10.3 Å². The summed E-state index contributed by atoms with van der Waals surface area (Å²) in [4.78, 5) is 43.0. The maximum atomic E-state index is 12.9. The predicted molar refractivity (Wildman–Crippen MR) is 128 cm³/mol. The van der Waals surface area contributed by atoms with Gasteiger partial charge in [0.25, 0.3) is 11.8 Å². The van der Waals surface area contributed by atoms with Gasteiger partial charge in [0.15, 0.2) is 17.8 Å². The average molecular weight is 481 g/mol. The minimum Gasteiger partial charge on any atom is -0.477 e. The van der Waals surface area contributed by atoms with E-state index in [-0.39, 0.29) is 12.5 Å². The van der Waals surface area contributed by atoms with Gasteiger partial charge in [0.1, 0.15) is 5.75 Å². The van der Waals surface area contributed by atoms with Crippen LogP contribution in [0.1, 0.15) is 17.0 Å². The Labute approximate surface area is 200 Å². The fraction of sp³-hybridized carbons (Fsp3) is 0.250. The van der Waals surface area contributed by atoms with E-state index >= 15 is 0 Å². The normalized spacial score (nSPS) is 15.0. The van der Waals surface area contributed by atoms with Gasteiger partial charge in [0, 0.05) is 36.1 Å². The third kappa shape index (κ3) is 4.72. The lowest BCUT2D eigenvalue weighted by atomic mass is 10.1. The van der Waals surface area contributed by atoms with Crippen molar-refractivity contribution in [3.8, 4) is 10.9 Å². The fourth-order valence-electron chi connectivity index (χ4n) is 3.76. The molecule has 1 aliphatic rings. The zero-order valence-electron chi connectivity index (χ0n) is 19.0. The molecule has 0 saturated heterocycles. The lowest BCUT2D eigenvalue weighted by Gasteiger charge is -2.33. The SMILES string of the molecule is CNC(=O)C1CN(C(=O)COC(=O)/C=C/c2cc(C)n(-c3nccs3)c2C)c2ccccc2O1. The van der Waals surface area contributed by atoms with Crippen LogP contribution in [0.15, 0.2) is 48.0 Å². The number of rotatable bonds is 6. The van der Waals surface area contributed by atoms with Crippen LogP contribution >= 0.6 is 11.3 Å². The second kappa shape index (κ2) is 9.92. The highest BCUT2D eigenvalue weighted by molar-refractivity contribution is 7.12. The molecule has 1 atom stereocenters. The molecule has 1 aliphatic heterocycles. The van der Waals surface area contributed by atoms with Gasteiger partial charge in [-0.15, -0.1) is 11.3 Å². The molecule has 0 spiro atoms. The Morgan fingerprint density at radius 3 is 2.82 bits per heavy atom. The number of ether oxygens (including phenoxy) is 2. The van der Waals surface area contributed by atoms with Crippen LogP contribution in [-0.2, 0) is 19.1 Å². The number of carbonyl (C=O) groups excluding carboxylic acids is 3. The van der Waals surface area contributed by atoms with E-state index < -0.39 is 24.6 Å². The van der Waals surface area contributed by atoms with Gasteiger partial charge in [-0.2, -0.15) is 0 Å². The van der Waals surface area contributed by atoms with Gasteiger partial charge >= 0.3 is 5.97 Å². The minimum absolute atomic E-state index is 0.0195. The van der Waals surface area contributed by atoms with Crippen molar-refractivity contribution < 1.29 is 23.9 Å². The first-order valence-electron chi connectivity index (χ1n) is 10.6. The smallest absolute Gasteiger partial charge is 0.331 e. The van der Waals surface area contributed by atoms with E-state index in [0.717, 1.165) is 22.1 Å². The van der Waals surface area contributed by atoms with Crippen LogP contribution in [0.2, 0.25) is 0 Å². The van der Waals surface area contributed by atoms with Gasteiger partial charge in [0.05, 0.1) is 12.2 Å². The summed E-state index contributed by atoms with van der Waals surface area (Å²) in [5, 5.41) is 5.28. The number of aryl methyl sites for hydroxylation is 1. The number of thiazole rings is 1. The number of amides is 2. The van der Waals surface area contributed by atoms with Crippen LogP contribution in [0, 0.1) is 13.8 Å². The van der Waals surface area contributed by atoms with Crippen molar-refractivity contribution in [2.45, 2.75) is 20.0 Å². The van der Waals surface area contributed by atoms with E-state index in [9.17, 15) is 14.4 Å². The molecule has 3 aromatic rings. The molecule has 1 aromatic carbocycles. The van der Waals surface area contributed by atoms with Crippen LogP contribution in [0.25, 0.3) is 11.2 Å². The summed E-state index contributed by atoms with van der Waals surface area (Å²) in [6.07, 6.45) is 3.84. The predicted octanol–water partition coefficient (Wildman–Crippen LogP) is 2.65. The van der Waals surface area contributed by atoms with Crippen molar-refractivity contribution in [3.05, 3.63) is 64.9 Å². The molecule has 0 saturated carbocycles. The van der Waals surface area contributed by atoms with Gasteiger partial charge < -0.3 is 19.7 Å². The topological polar surface area (TPSA) is 103 Å². The van der Waals surface area contributed by atoms with Gasteiger partial charge in [-0.05, 0) is 43.7 Å².